The Morgan fingerprint density at radius 2 is 0.762 bits per heavy atom. The van der Waals surface area contributed by atoms with E-state index in [1.807, 2.05) is 36.4 Å². The fraction of sp³-hybridized carbons (Fsp3) is 0.294. The van der Waals surface area contributed by atoms with Crippen LogP contribution in [0.3, 0.4) is 0 Å². The lowest BCUT2D eigenvalue weighted by Crippen LogP contribution is -2.00. The van der Waals surface area contributed by atoms with Crippen LogP contribution in [-0.2, 0) is 25.7 Å². The highest BCUT2D eigenvalue weighted by atomic mass is 16.7. The first-order chi connectivity index (χ1) is 20.6. The second-order valence-electron chi connectivity index (χ2n) is 10.2. The van der Waals surface area contributed by atoms with Crippen LogP contribution in [-0.4, -0.2) is 42.0 Å². The Morgan fingerprint density at radius 1 is 0.429 bits per heavy atom. The molecule has 2 heterocycles. The molecule has 42 heavy (non-hydrogen) atoms. The molecule has 8 nitrogen and oxygen atoms in total. The van der Waals surface area contributed by atoms with Crippen molar-refractivity contribution in [2.24, 2.45) is 0 Å². The van der Waals surface area contributed by atoms with Gasteiger partial charge in [0.25, 0.3) is 0 Å². The van der Waals surface area contributed by atoms with Crippen LogP contribution in [0.25, 0.3) is 11.1 Å². The number of aryl methyl sites for hydroxylation is 4. The summed E-state index contributed by atoms with van der Waals surface area (Å²) >= 11 is 0. The molecule has 0 fully saturated rings. The van der Waals surface area contributed by atoms with Gasteiger partial charge in [-0.3, -0.25) is 0 Å². The van der Waals surface area contributed by atoms with Crippen LogP contribution >= 0.6 is 0 Å². The Labute approximate surface area is 245 Å². The van der Waals surface area contributed by atoms with Crippen LogP contribution in [0.15, 0.2) is 60.7 Å². The summed E-state index contributed by atoms with van der Waals surface area (Å²) in [5, 5.41) is 0. The molecule has 218 valence electrons. The second-order valence-corrected chi connectivity index (χ2v) is 10.2. The van der Waals surface area contributed by atoms with Gasteiger partial charge in [-0.25, -0.2) is 0 Å². The molecule has 2 aliphatic rings. The van der Waals surface area contributed by atoms with Gasteiger partial charge in [-0.2, -0.15) is 0 Å². The van der Waals surface area contributed by atoms with E-state index in [1.54, 1.807) is 28.4 Å². The maximum atomic E-state index is 5.81. The molecule has 0 unspecified atom stereocenters. The molecule has 0 atom stereocenters. The zero-order valence-electron chi connectivity index (χ0n) is 24.3. The van der Waals surface area contributed by atoms with Gasteiger partial charge >= 0.3 is 0 Å². The molecular weight excluding hydrogens is 536 g/mol. The lowest BCUT2D eigenvalue weighted by Gasteiger charge is -2.17. The summed E-state index contributed by atoms with van der Waals surface area (Å²) in [6.07, 6.45) is 3.10. The summed E-state index contributed by atoms with van der Waals surface area (Å²) in [6, 6.07) is 20.3. The van der Waals surface area contributed by atoms with Crippen molar-refractivity contribution in [2.45, 2.75) is 25.7 Å². The molecule has 0 N–H and O–H groups in total. The first-order valence-corrected chi connectivity index (χ1v) is 13.9. The number of rotatable bonds is 11. The van der Waals surface area contributed by atoms with E-state index in [-0.39, 0.29) is 13.6 Å². The zero-order chi connectivity index (χ0) is 29.1. The van der Waals surface area contributed by atoms with Gasteiger partial charge in [0.15, 0.2) is 23.0 Å². The minimum atomic E-state index is 0.205. The van der Waals surface area contributed by atoms with Crippen molar-refractivity contribution in [1.82, 2.24) is 0 Å². The van der Waals surface area contributed by atoms with Crippen LogP contribution < -0.4 is 37.9 Å². The fourth-order valence-electron chi connectivity index (χ4n) is 5.46. The van der Waals surface area contributed by atoms with E-state index in [2.05, 4.69) is 24.3 Å². The Balaban J connectivity index is 1.37. The van der Waals surface area contributed by atoms with E-state index in [1.165, 1.54) is 0 Å². The smallest absolute Gasteiger partial charge is 0.231 e. The van der Waals surface area contributed by atoms with E-state index >= 15 is 0 Å². The molecule has 0 amide bonds. The van der Waals surface area contributed by atoms with Crippen molar-refractivity contribution in [3.05, 3.63) is 82.9 Å². The third kappa shape index (κ3) is 5.70. The van der Waals surface area contributed by atoms with E-state index in [0.717, 1.165) is 105 Å². The summed E-state index contributed by atoms with van der Waals surface area (Å²) in [5.74, 6) is 6.04. The number of hydrogen-bond donors (Lipinski definition) is 0. The fourth-order valence-corrected chi connectivity index (χ4v) is 5.46. The molecule has 0 aromatic heterocycles. The Bertz CT molecular complexity index is 1430. The summed E-state index contributed by atoms with van der Waals surface area (Å²) in [6.45, 7) is 0.411. The number of fused-ring (bicyclic) bond motifs is 2. The number of methoxy groups -OCH3 is 4. The van der Waals surface area contributed by atoms with Gasteiger partial charge in [-0.15, -0.1) is 0 Å². The van der Waals surface area contributed by atoms with E-state index in [4.69, 9.17) is 37.9 Å². The largest absolute Gasteiger partial charge is 0.497 e. The molecule has 0 aliphatic carbocycles. The molecule has 0 radical (unpaired) electrons. The quantitative estimate of drug-likeness (QED) is 0.205. The van der Waals surface area contributed by atoms with Gasteiger partial charge in [-0.1, -0.05) is 0 Å². The average Bonchev–Trinajstić information content (AvgIpc) is 3.70. The normalized spacial score (nSPS) is 12.8. The number of hydrogen-bond acceptors (Lipinski definition) is 8. The van der Waals surface area contributed by atoms with Gasteiger partial charge < -0.3 is 37.9 Å². The van der Waals surface area contributed by atoms with Gasteiger partial charge in [0.05, 0.1) is 28.4 Å². The van der Waals surface area contributed by atoms with Crippen LogP contribution in [0.5, 0.6) is 46.0 Å². The third-order valence-electron chi connectivity index (χ3n) is 7.68. The molecule has 4 aromatic carbocycles. The SMILES string of the molecule is COc1cc(CCc2cc3c(cc2-c2cc4c(cc2CCc2cc(OC)cc(OC)c2)OCO4)OCO3)cc(OC)c1. The molecule has 0 bridgehead atoms. The monoisotopic (exact) mass is 570 g/mol. The first-order valence-electron chi connectivity index (χ1n) is 13.9. The zero-order valence-corrected chi connectivity index (χ0v) is 24.3. The molecule has 0 spiro atoms. The number of benzene rings is 4. The summed E-state index contributed by atoms with van der Waals surface area (Å²) < 4.78 is 45.2. The third-order valence-corrected chi connectivity index (χ3v) is 7.68. The highest BCUT2D eigenvalue weighted by Gasteiger charge is 2.23. The summed E-state index contributed by atoms with van der Waals surface area (Å²) in [7, 11) is 6.66. The maximum absolute atomic E-state index is 5.81. The Kier molecular flexibility index (Phi) is 7.86. The Morgan fingerprint density at radius 3 is 1.10 bits per heavy atom. The summed E-state index contributed by atoms with van der Waals surface area (Å²) in [5.41, 5.74) is 6.67. The van der Waals surface area contributed by atoms with Gasteiger partial charge in [-0.05, 0) is 108 Å². The maximum Gasteiger partial charge on any atom is 0.231 e. The van der Waals surface area contributed by atoms with Crippen molar-refractivity contribution >= 4 is 0 Å². The molecular formula is C34H34O8. The summed E-state index contributed by atoms with van der Waals surface area (Å²) in [4.78, 5) is 0. The van der Waals surface area contributed by atoms with Crippen molar-refractivity contribution in [2.75, 3.05) is 42.0 Å². The van der Waals surface area contributed by atoms with E-state index in [9.17, 15) is 0 Å². The van der Waals surface area contributed by atoms with Gasteiger partial charge in [0.1, 0.15) is 23.0 Å². The minimum absolute atomic E-state index is 0.205. The second kappa shape index (κ2) is 12.0. The van der Waals surface area contributed by atoms with Crippen LogP contribution in [0.2, 0.25) is 0 Å². The Hall–Kier alpha value is -4.72. The molecule has 4 aromatic rings. The predicted octanol–water partition coefficient (Wildman–Crippen LogP) is 6.42. The molecule has 6 rings (SSSR count). The van der Waals surface area contributed by atoms with Crippen LogP contribution in [0, 0.1) is 0 Å². The average molecular weight is 571 g/mol. The van der Waals surface area contributed by atoms with Crippen molar-refractivity contribution in [3.8, 4) is 57.1 Å². The number of ether oxygens (including phenoxy) is 8. The van der Waals surface area contributed by atoms with Crippen LogP contribution in [0.1, 0.15) is 22.3 Å². The lowest BCUT2D eigenvalue weighted by atomic mass is 9.89. The first kappa shape index (κ1) is 27.4. The lowest BCUT2D eigenvalue weighted by molar-refractivity contribution is 0.173. The topological polar surface area (TPSA) is 73.8 Å². The molecule has 0 saturated heterocycles. The minimum Gasteiger partial charge on any atom is -0.497 e. The molecule has 0 saturated carbocycles. The highest BCUT2D eigenvalue weighted by molar-refractivity contribution is 5.77. The van der Waals surface area contributed by atoms with Gasteiger partial charge in [0, 0.05) is 12.1 Å². The van der Waals surface area contributed by atoms with Crippen molar-refractivity contribution in [3.63, 3.8) is 0 Å². The van der Waals surface area contributed by atoms with E-state index in [0.29, 0.717) is 0 Å². The molecule has 2 aliphatic heterocycles. The van der Waals surface area contributed by atoms with Crippen molar-refractivity contribution < 1.29 is 37.9 Å². The van der Waals surface area contributed by atoms with E-state index < -0.39 is 0 Å². The van der Waals surface area contributed by atoms with Gasteiger partial charge in [0.2, 0.25) is 13.6 Å². The van der Waals surface area contributed by atoms with Crippen LogP contribution in [0.4, 0.5) is 0 Å². The predicted molar refractivity (Wildman–Crippen MR) is 158 cm³/mol. The highest BCUT2D eigenvalue weighted by Crippen LogP contribution is 2.44. The standard InChI is InChI=1S/C34H34O8/c1-35-25-9-21(10-26(15-25)36-2)5-7-23-13-31-33(41-19-39-31)17-29(23)30-18-34-32(40-20-42-34)14-24(30)8-6-22-11-27(37-3)16-28(12-22)38-4/h9-18H,5-8,19-20H2,1-4H3. The van der Waals surface area contributed by atoms with Crippen molar-refractivity contribution in [1.29, 1.82) is 0 Å². The molecule has 8 heteroatoms.